The van der Waals surface area contributed by atoms with Gasteiger partial charge in [-0.2, -0.15) is 0 Å². The third-order valence-corrected chi connectivity index (χ3v) is 2.54. The molecule has 0 bridgehead atoms. The molecular formula is C12H13LiS. The van der Waals surface area contributed by atoms with Crippen LogP contribution in [0.3, 0.4) is 0 Å². The summed E-state index contributed by atoms with van der Waals surface area (Å²) >= 11 is 1.83. The molecule has 0 N–H and O–H groups in total. The average Bonchev–Trinajstić information content (AvgIpc) is 2.03. The van der Waals surface area contributed by atoms with Crippen LogP contribution in [0.4, 0.5) is 0 Å². The van der Waals surface area contributed by atoms with E-state index in [0.29, 0.717) is 0 Å². The molecule has 0 radical (unpaired) electrons. The van der Waals surface area contributed by atoms with Crippen LogP contribution in [0.25, 0.3) is 0 Å². The van der Waals surface area contributed by atoms with Crippen molar-refractivity contribution in [2.24, 2.45) is 0 Å². The van der Waals surface area contributed by atoms with E-state index in [-0.39, 0.29) is 23.6 Å². The fourth-order valence-corrected chi connectivity index (χ4v) is 1.94. The Kier molecular flexibility index (Phi) is 5.46. The van der Waals surface area contributed by atoms with Gasteiger partial charge in [-0.15, -0.1) is 29.5 Å². The van der Waals surface area contributed by atoms with Crippen LogP contribution >= 0.6 is 11.8 Å². The second-order valence-electron chi connectivity index (χ2n) is 3.86. The molecule has 0 atom stereocenters. The van der Waals surface area contributed by atoms with Crippen molar-refractivity contribution in [3.05, 3.63) is 36.3 Å². The minimum atomic E-state index is 0. The molecule has 2 heteroatoms. The van der Waals surface area contributed by atoms with E-state index in [1.807, 2.05) is 36.0 Å². The largest absolute Gasteiger partial charge is 1.00 e. The van der Waals surface area contributed by atoms with Crippen molar-refractivity contribution in [3.63, 3.8) is 0 Å². The zero-order valence-corrected chi connectivity index (χ0v) is 10.0. The van der Waals surface area contributed by atoms with Crippen LogP contribution in [-0.4, -0.2) is 4.75 Å². The Morgan fingerprint density at radius 1 is 1.14 bits per heavy atom. The van der Waals surface area contributed by atoms with Gasteiger partial charge in [-0.25, -0.2) is 0 Å². The number of benzene rings is 1. The fourth-order valence-electron chi connectivity index (χ4n) is 0.960. The van der Waals surface area contributed by atoms with Crippen LogP contribution in [0.2, 0.25) is 0 Å². The Morgan fingerprint density at radius 2 is 1.64 bits per heavy atom. The monoisotopic (exact) mass is 196 g/mol. The summed E-state index contributed by atoms with van der Waals surface area (Å²) in [7, 11) is 0. The van der Waals surface area contributed by atoms with Crippen LogP contribution in [0.15, 0.2) is 29.2 Å². The predicted octanol–water partition coefficient (Wildman–Crippen LogP) is 0.519. The van der Waals surface area contributed by atoms with Crippen LogP contribution < -0.4 is 18.9 Å². The molecule has 0 spiro atoms. The van der Waals surface area contributed by atoms with Gasteiger partial charge < -0.3 is 6.42 Å². The van der Waals surface area contributed by atoms with E-state index in [0.717, 1.165) is 5.56 Å². The molecule has 0 aliphatic heterocycles. The standard InChI is InChI=1S/C12H13S.Li/c1-5-10-6-8-11(9-7-10)13-12(2,3)4;/h6-9H,2-4H3;/q-1;+1. The number of thioether (sulfide) groups is 1. The summed E-state index contributed by atoms with van der Waals surface area (Å²) in [4.78, 5) is 1.24. The smallest absolute Gasteiger partial charge is 0.366 e. The topological polar surface area (TPSA) is 0 Å². The average molecular weight is 196 g/mol. The number of rotatable bonds is 1. The van der Waals surface area contributed by atoms with Gasteiger partial charge in [-0.05, 0) is 0 Å². The Hall–Kier alpha value is -0.273. The van der Waals surface area contributed by atoms with Crippen LogP contribution in [0.5, 0.6) is 0 Å². The first-order valence-electron chi connectivity index (χ1n) is 4.23. The normalized spacial score (nSPS) is 10.1. The fraction of sp³-hybridized carbons (Fsp3) is 0.333. The van der Waals surface area contributed by atoms with Gasteiger partial charge in [-0.3, -0.25) is 5.92 Å². The van der Waals surface area contributed by atoms with Gasteiger partial charge in [0, 0.05) is 9.64 Å². The second kappa shape index (κ2) is 5.57. The summed E-state index contributed by atoms with van der Waals surface area (Å²) in [6.45, 7) is 6.57. The Morgan fingerprint density at radius 3 is 2.00 bits per heavy atom. The SMILES string of the molecule is [C-]#Cc1ccc(SC(C)(C)C)cc1.[Li+]. The van der Waals surface area contributed by atoms with Crippen LogP contribution in [-0.2, 0) is 0 Å². The number of hydrogen-bond donors (Lipinski definition) is 0. The van der Waals surface area contributed by atoms with Gasteiger partial charge in [0.2, 0.25) is 0 Å². The molecule has 0 amide bonds. The van der Waals surface area contributed by atoms with Crippen molar-refractivity contribution < 1.29 is 18.9 Å². The summed E-state index contributed by atoms with van der Waals surface area (Å²) in [6, 6.07) is 7.90. The Bertz CT molecular complexity index is 314. The van der Waals surface area contributed by atoms with E-state index < -0.39 is 0 Å². The third-order valence-electron chi connectivity index (χ3n) is 1.42. The van der Waals surface area contributed by atoms with E-state index in [1.165, 1.54) is 4.90 Å². The maximum atomic E-state index is 6.94. The second-order valence-corrected chi connectivity index (χ2v) is 5.76. The molecule has 0 fully saturated rings. The van der Waals surface area contributed by atoms with Gasteiger partial charge in [0.15, 0.2) is 0 Å². The molecular weight excluding hydrogens is 183 g/mol. The van der Waals surface area contributed by atoms with Gasteiger partial charge >= 0.3 is 18.9 Å². The van der Waals surface area contributed by atoms with Gasteiger partial charge in [-0.1, -0.05) is 32.9 Å². The first kappa shape index (κ1) is 13.7. The summed E-state index contributed by atoms with van der Waals surface area (Å²) in [5.41, 5.74) is 0.832. The molecule has 1 rings (SSSR count). The number of hydrogen-bond acceptors (Lipinski definition) is 1. The van der Waals surface area contributed by atoms with Crippen molar-refractivity contribution in [1.82, 2.24) is 0 Å². The molecule has 1 aromatic carbocycles. The zero-order valence-electron chi connectivity index (χ0n) is 9.22. The summed E-state index contributed by atoms with van der Waals surface area (Å²) in [6.07, 6.45) is 6.94. The van der Waals surface area contributed by atoms with E-state index in [9.17, 15) is 0 Å². The maximum absolute atomic E-state index is 6.94. The minimum absolute atomic E-state index is 0. The zero-order chi connectivity index (χ0) is 9.90. The molecule has 0 aromatic heterocycles. The Balaban J connectivity index is 0.00000169. The van der Waals surface area contributed by atoms with E-state index >= 15 is 0 Å². The summed E-state index contributed by atoms with van der Waals surface area (Å²) < 4.78 is 0.246. The van der Waals surface area contributed by atoms with Crippen molar-refractivity contribution in [2.45, 2.75) is 30.4 Å². The third kappa shape index (κ3) is 4.82. The first-order valence-corrected chi connectivity index (χ1v) is 5.05. The van der Waals surface area contributed by atoms with Gasteiger partial charge in [0.05, 0.1) is 0 Å². The first-order chi connectivity index (χ1) is 6.01. The molecule has 0 unspecified atom stereocenters. The van der Waals surface area contributed by atoms with Crippen molar-refractivity contribution in [2.75, 3.05) is 0 Å². The molecule has 0 saturated carbocycles. The van der Waals surface area contributed by atoms with Crippen molar-refractivity contribution >= 4 is 11.8 Å². The van der Waals surface area contributed by atoms with Crippen molar-refractivity contribution in [3.8, 4) is 5.92 Å². The van der Waals surface area contributed by atoms with E-state index in [2.05, 4.69) is 26.7 Å². The summed E-state index contributed by atoms with van der Waals surface area (Å²) in [5.74, 6) is 2.36. The molecule has 0 aliphatic carbocycles. The van der Waals surface area contributed by atoms with Gasteiger partial charge in [0.1, 0.15) is 0 Å². The van der Waals surface area contributed by atoms with Crippen LogP contribution in [0.1, 0.15) is 26.3 Å². The molecule has 14 heavy (non-hydrogen) atoms. The van der Waals surface area contributed by atoms with Crippen LogP contribution in [0, 0.1) is 12.3 Å². The summed E-state index contributed by atoms with van der Waals surface area (Å²) in [5, 5.41) is 0. The minimum Gasteiger partial charge on any atom is -0.366 e. The molecule has 0 nitrogen and oxygen atoms in total. The predicted molar refractivity (Wildman–Crippen MR) is 58.3 cm³/mol. The maximum Gasteiger partial charge on any atom is 1.00 e. The van der Waals surface area contributed by atoms with Gasteiger partial charge in [0.25, 0.3) is 0 Å². The molecule has 0 aliphatic rings. The van der Waals surface area contributed by atoms with E-state index in [1.54, 1.807) is 0 Å². The Labute approximate surface area is 103 Å². The van der Waals surface area contributed by atoms with Crippen molar-refractivity contribution in [1.29, 1.82) is 0 Å². The van der Waals surface area contributed by atoms with E-state index in [4.69, 9.17) is 6.42 Å². The molecule has 0 saturated heterocycles. The molecule has 68 valence electrons. The molecule has 0 heterocycles. The molecule has 1 aromatic rings. The quantitative estimate of drug-likeness (QED) is 0.273.